The number of amides is 2. The van der Waals surface area contributed by atoms with Crippen molar-refractivity contribution >= 4 is 40.1 Å². The highest BCUT2D eigenvalue weighted by atomic mass is 35.5. The molecule has 1 heterocycles. The Labute approximate surface area is 219 Å². The largest absolute Gasteiger partial charge is 0.506 e. The molecule has 37 heavy (non-hydrogen) atoms. The summed E-state index contributed by atoms with van der Waals surface area (Å²) in [6.07, 6.45) is 6.26. The third-order valence-electron chi connectivity index (χ3n) is 6.81. The number of benzene rings is 3. The molecule has 1 fully saturated rings. The molecule has 0 bridgehead atoms. The third-order valence-corrected chi connectivity index (χ3v) is 7.11. The fourth-order valence-electron chi connectivity index (χ4n) is 4.73. The van der Waals surface area contributed by atoms with E-state index < -0.39 is 0 Å². The minimum atomic E-state index is -0.301. The summed E-state index contributed by atoms with van der Waals surface area (Å²) >= 11 is 5.91. The minimum absolute atomic E-state index is 0.0480. The number of carbonyl (C=O) groups is 2. The number of imidazole rings is 1. The van der Waals surface area contributed by atoms with Crippen LogP contribution in [0.3, 0.4) is 0 Å². The second-order valence-electron chi connectivity index (χ2n) is 9.28. The van der Waals surface area contributed by atoms with Crippen LogP contribution in [0.5, 0.6) is 5.75 Å². The van der Waals surface area contributed by atoms with Gasteiger partial charge in [-0.15, -0.1) is 6.58 Å². The molecular weight excluding hydrogens is 488 g/mol. The maximum atomic E-state index is 12.9. The van der Waals surface area contributed by atoms with Gasteiger partial charge in [0.2, 0.25) is 0 Å². The molecule has 4 N–H and O–H groups in total. The molecule has 0 aliphatic heterocycles. The van der Waals surface area contributed by atoms with Crippen molar-refractivity contribution in [3.05, 3.63) is 89.5 Å². The van der Waals surface area contributed by atoms with Gasteiger partial charge in [0.15, 0.2) is 0 Å². The summed E-state index contributed by atoms with van der Waals surface area (Å²) in [5.41, 5.74) is 3.85. The van der Waals surface area contributed by atoms with Gasteiger partial charge >= 0.3 is 0 Å². The first-order valence-electron chi connectivity index (χ1n) is 12.2. The fourth-order valence-corrected chi connectivity index (χ4v) is 4.91. The van der Waals surface area contributed by atoms with Crippen LogP contribution in [-0.2, 0) is 0 Å². The van der Waals surface area contributed by atoms with Crippen LogP contribution in [0.25, 0.3) is 22.4 Å². The van der Waals surface area contributed by atoms with Crippen molar-refractivity contribution in [2.75, 3.05) is 5.32 Å². The van der Waals surface area contributed by atoms with E-state index >= 15 is 0 Å². The number of fused-ring (bicyclic) bond motifs is 1. The Morgan fingerprint density at radius 3 is 2.51 bits per heavy atom. The molecule has 1 aromatic heterocycles. The Balaban J connectivity index is 1.29. The number of phenols is 1. The zero-order valence-corrected chi connectivity index (χ0v) is 20.9. The number of rotatable bonds is 6. The predicted octanol–water partition coefficient (Wildman–Crippen LogP) is 6.32. The second-order valence-corrected chi connectivity index (χ2v) is 9.69. The van der Waals surface area contributed by atoms with E-state index in [0.717, 1.165) is 35.9 Å². The number of aromatic hydroxyl groups is 1. The van der Waals surface area contributed by atoms with E-state index in [-0.39, 0.29) is 28.6 Å². The van der Waals surface area contributed by atoms with Crippen molar-refractivity contribution in [3.8, 4) is 17.1 Å². The van der Waals surface area contributed by atoms with Crippen molar-refractivity contribution < 1.29 is 14.7 Å². The van der Waals surface area contributed by atoms with Gasteiger partial charge in [0.25, 0.3) is 11.8 Å². The Kier molecular flexibility index (Phi) is 6.97. The molecule has 1 aliphatic carbocycles. The molecule has 0 saturated heterocycles. The molecule has 5 rings (SSSR count). The topological polar surface area (TPSA) is 107 Å². The Morgan fingerprint density at radius 1 is 1.00 bits per heavy atom. The minimum Gasteiger partial charge on any atom is -0.506 e. The summed E-state index contributed by atoms with van der Waals surface area (Å²) in [6.45, 7) is 3.93. The number of phenolic OH excluding ortho intramolecular Hbond substituents is 1. The molecule has 0 spiro atoms. The van der Waals surface area contributed by atoms with E-state index in [9.17, 15) is 14.7 Å². The van der Waals surface area contributed by atoms with Crippen LogP contribution >= 0.6 is 11.6 Å². The lowest BCUT2D eigenvalue weighted by Crippen LogP contribution is -2.41. The monoisotopic (exact) mass is 514 g/mol. The van der Waals surface area contributed by atoms with Crippen LogP contribution in [0.15, 0.2) is 73.3 Å². The summed E-state index contributed by atoms with van der Waals surface area (Å²) in [4.78, 5) is 33.5. The lowest BCUT2D eigenvalue weighted by Gasteiger charge is -2.30. The smallest absolute Gasteiger partial charge is 0.255 e. The lowest BCUT2D eigenvalue weighted by molar-refractivity contribution is 0.0915. The van der Waals surface area contributed by atoms with Crippen molar-refractivity contribution in [2.45, 2.75) is 31.7 Å². The molecule has 3 aromatic carbocycles. The molecule has 1 saturated carbocycles. The maximum absolute atomic E-state index is 12.9. The first-order chi connectivity index (χ1) is 17.9. The number of aromatic nitrogens is 2. The zero-order chi connectivity index (χ0) is 25.9. The molecular formula is C29H27ClN4O3. The van der Waals surface area contributed by atoms with Gasteiger partial charge < -0.3 is 20.7 Å². The molecule has 2 atom stereocenters. The highest BCUT2D eigenvalue weighted by Gasteiger charge is 2.24. The number of H-pyrrole nitrogens is 1. The van der Waals surface area contributed by atoms with Crippen LogP contribution in [0.4, 0.5) is 5.69 Å². The van der Waals surface area contributed by atoms with E-state index in [4.69, 9.17) is 11.6 Å². The molecule has 4 aromatic rings. The third kappa shape index (κ3) is 5.37. The second kappa shape index (κ2) is 10.5. The van der Waals surface area contributed by atoms with Gasteiger partial charge in [0, 0.05) is 28.4 Å². The Hall–Kier alpha value is -4.10. The molecule has 188 valence electrons. The van der Waals surface area contributed by atoms with E-state index in [1.54, 1.807) is 24.3 Å². The number of hydrogen-bond donors (Lipinski definition) is 4. The zero-order valence-electron chi connectivity index (χ0n) is 20.1. The molecule has 1 aliphatic rings. The summed E-state index contributed by atoms with van der Waals surface area (Å²) < 4.78 is 0. The molecule has 2 unspecified atom stereocenters. The van der Waals surface area contributed by atoms with E-state index in [1.165, 1.54) is 18.6 Å². The van der Waals surface area contributed by atoms with Crippen LogP contribution < -0.4 is 10.6 Å². The Bertz CT molecular complexity index is 1480. The summed E-state index contributed by atoms with van der Waals surface area (Å²) in [5, 5.41) is 15.6. The molecule has 7 nitrogen and oxygen atoms in total. The number of hydrogen-bond acceptors (Lipinski definition) is 4. The number of halogens is 1. The maximum Gasteiger partial charge on any atom is 0.255 e. The predicted molar refractivity (Wildman–Crippen MR) is 146 cm³/mol. The fraction of sp³-hybridized carbons (Fsp3) is 0.207. The summed E-state index contributed by atoms with van der Waals surface area (Å²) in [7, 11) is 0. The summed E-state index contributed by atoms with van der Waals surface area (Å²) in [5.74, 6) is 0.508. The average Bonchev–Trinajstić information content (AvgIpc) is 3.35. The summed E-state index contributed by atoms with van der Waals surface area (Å²) in [6, 6.07) is 17.1. The standard InChI is InChI=1S/C29H27ClN4O3/c1-2-17-5-3-4-6-23(17)34-29(37)20-11-13-24-25(15-20)33-27(32-24)18-7-9-19(10-8-18)28(36)31-21-12-14-26(35)22(30)16-21/h2,7-17,23,35H,1,3-6H2,(H,31,36)(H,32,33)(H,34,37). The molecule has 2 amide bonds. The number of carbonyl (C=O) groups excluding carboxylic acids is 2. The quantitative estimate of drug-likeness (QED) is 0.178. The highest BCUT2D eigenvalue weighted by molar-refractivity contribution is 6.32. The van der Waals surface area contributed by atoms with Gasteiger partial charge in [-0.2, -0.15) is 0 Å². The van der Waals surface area contributed by atoms with Gasteiger partial charge in [0.1, 0.15) is 11.6 Å². The normalized spacial score (nSPS) is 17.3. The van der Waals surface area contributed by atoms with Gasteiger partial charge in [-0.05, 0) is 67.3 Å². The van der Waals surface area contributed by atoms with E-state index in [2.05, 4.69) is 27.2 Å². The van der Waals surface area contributed by atoms with Crippen molar-refractivity contribution in [2.24, 2.45) is 5.92 Å². The van der Waals surface area contributed by atoms with E-state index in [0.29, 0.717) is 28.6 Å². The van der Waals surface area contributed by atoms with Gasteiger partial charge in [0.05, 0.1) is 16.1 Å². The van der Waals surface area contributed by atoms with Crippen molar-refractivity contribution in [3.63, 3.8) is 0 Å². The number of anilines is 1. The first-order valence-corrected chi connectivity index (χ1v) is 12.6. The highest BCUT2D eigenvalue weighted by Crippen LogP contribution is 2.28. The van der Waals surface area contributed by atoms with E-state index in [1.807, 2.05) is 30.3 Å². The van der Waals surface area contributed by atoms with Gasteiger partial charge in [-0.25, -0.2) is 4.98 Å². The Morgan fingerprint density at radius 2 is 1.76 bits per heavy atom. The molecule has 0 radical (unpaired) electrons. The average molecular weight is 515 g/mol. The van der Waals surface area contributed by atoms with Gasteiger partial charge in [-0.3, -0.25) is 9.59 Å². The lowest BCUT2D eigenvalue weighted by atomic mass is 9.84. The van der Waals surface area contributed by atoms with Crippen LogP contribution in [-0.4, -0.2) is 32.9 Å². The SMILES string of the molecule is C=CC1CCCCC1NC(=O)c1ccc2nc(-c3ccc(C(=O)Nc4ccc(O)c(Cl)c4)cc3)[nH]c2c1. The number of nitrogens with one attached hydrogen (secondary N) is 3. The van der Waals surface area contributed by atoms with Gasteiger partial charge in [-0.1, -0.05) is 42.7 Å². The number of nitrogens with zero attached hydrogens (tertiary/aromatic N) is 1. The van der Waals surface area contributed by atoms with Crippen LogP contribution in [0.1, 0.15) is 46.4 Å². The molecule has 8 heteroatoms. The van der Waals surface area contributed by atoms with Crippen molar-refractivity contribution in [1.82, 2.24) is 15.3 Å². The number of aromatic amines is 1. The van der Waals surface area contributed by atoms with Crippen molar-refractivity contribution in [1.29, 1.82) is 0 Å². The van der Waals surface area contributed by atoms with Crippen LogP contribution in [0.2, 0.25) is 5.02 Å². The van der Waals surface area contributed by atoms with Crippen LogP contribution in [0, 0.1) is 5.92 Å². The first kappa shape index (κ1) is 24.6.